The lowest BCUT2D eigenvalue weighted by Gasteiger charge is -2.14. The van der Waals surface area contributed by atoms with E-state index >= 15 is 0 Å². The van der Waals surface area contributed by atoms with Crippen LogP contribution in [0.3, 0.4) is 0 Å². The van der Waals surface area contributed by atoms with Gasteiger partial charge in [0.2, 0.25) is 0 Å². The molecular weight excluding hydrogens is 485 g/mol. The first kappa shape index (κ1) is 23.1. The Morgan fingerprint density at radius 3 is 2.40 bits per heavy atom. The van der Waals surface area contributed by atoms with Crippen LogP contribution in [0, 0.1) is 5.82 Å². The maximum absolute atomic E-state index is 14.1. The zero-order chi connectivity index (χ0) is 24.4. The Hall–Kier alpha value is -3.61. The van der Waals surface area contributed by atoms with Crippen LogP contribution in [0.2, 0.25) is 5.02 Å². The van der Waals surface area contributed by atoms with E-state index in [1.807, 2.05) is 36.4 Å². The molecule has 174 valence electrons. The minimum absolute atomic E-state index is 0.0276. The molecular formula is C28H19ClFNO3S. The maximum Gasteiger partial charge on any atom is 0.293 e. The van der Waals surface area contributed by atoms with Crippen molar-refractivity contribution >= 4 is 51.4 Å². The zero-order valence-corrected chi connectivity index (χ0v) is 20.0. The van der Waals surface area contributed by atoms with Gasteiger partial charge < -0.3 is 4.74 Å². The van der Waals surface area contributed by atoms with Crippen LogP contribution < -0.4 is 4.74 Å². The van der Waals surface area contributed by atoms with Gasteiger partial charge in [0.05, 0.1) is 11.4 Å². The molecule has 1 fully saturated rings. The molecule has 0 spiro atoms. The number of fused-ring (bicyclic) bond motifs is 1. The molecule has 4 aromatic rings. The van der Waals surface area contributed by atoms with E-state index in [-0.39, 0.29) is 29.1 Å². The molecule has 0 aromatic heterocycles. The molecule has 2 amide bonds. The van der Waals surface area contributed by atoms with Gasteiger partial charge in [0.1, 0.15) is 18.2 Å². The molecule has 1 aliphatic rings. The molecule has 1 heterocycles. The Morgan fingerprint density at radius 1 is 0.886 bits per heavy atom. The van der Waals surface area contributed by atoms with E-state index < -0.39 is 5.91 Å². The highest BCUT2D eigenvalue weighted by Gasteiger charge is 2.35. The normalized spacial score (nSPS) is 14.8. The Labute approximate surface area is 211 Å². The third-order valence-corrected chi connectivity index (χ3v) is 6.98. The van der Waals surface area contributed by atoms with Crippen molar-refractivity contribution in [2.75, 3.05) is 0 Å². The number of hydrogen-bond acceptors (Lipinski definition) is 4. The molecule has 4 aromatic carbocycles. The summed E-state index contributed by atoms with van der Waals surface area (Å²) in [6.45, 7) is 0.119. The third-order valence-electron chi connectivity index (χ3n) is 5.71. The first-order chi connectivity index (χ1) is 17.0. The van der Waals surface area contributed by atoms with Gasteiger partial charge in [-0.2, -0.15) is 0 Å². The molecule has 0 N–H and O–H groups in total. The van der Waals surface area contributed by atoms with Gasteiger partial charge in [-0.05, 0) is 52.4 Å². The molecule has 7 heteroatoms. The second-order valence-corrected chi connectivity index (χ2v) is 9.34. The molecule has 0 radical (unpaired) electrons. The van der Waals surface area contributed by atoms with Crippen LogP contribution in [0.25, 0.3) is 16.8 Å². The predicted octanol–water partition coefficient (Wildman–Crippen LogP) is 7.45. The van der Waals surface area contributed by atoms with Crippen LogP contribution in [-0.2, 0) is 17.9 Å². The second-order valence-electron chi connectivity index (χ2n) is 7.94. The molecule has 5 rings (SSSR count). The minimum Gasteiger partial charge on any atom is -0.488 e. The van der Waals surface area contributed by atoms with E-state index in [1.165, 1.54) is 11.0 Å². The molecule has 1 saturated heterocycles. The molecule has 35 heavy (non-hydrogen) atoms. The summed E-state index contributed by atoms with van der Waals surface area (Å²) in [6, 6.07) is 24.9. The fraction of sp³-hybridized carbons (Fsp3) is 0.0714. The van der Waals surface area contributed by atoms with E-state index in [0.29, 0.717) is 27.5 Å². The number of nitrogens with zero attached hydrogens (tertiary/aromatic N) is 1. The van der Waals surface area contributed by atoms with Crippen molar-refractivity contribution in [3.05, 3.63) is 117 Å². The number of thioether (sulfide) groups is 1. The van der Waals surface area contributed by atoms with Gasteiger partial charge in [-0.25, -0.2) is 4.39 Å². The smallest absolute Gasteiger partial charge is 0.293 e. The molecule has 0 saturated carbocycles. The fourth-order valence-electron chi connectivity index (χ4n) is 3.89. The highest BCUT2D eigenvalue weighted by atomic mass is 35.5. The van der Waals surface area contributed by atoms with Crippen LogP contribution in [-0.4, -0.2) is 16.0 Å². The van der Waals surface area contributed by atoms with Gasteiger partial charge in [-0.3, -0.25) is 14.5 Å². The third kappa shape index (κ3) is 4.81. The minimum atomic E-state index is -0.395. The standard InChI is InChI=1S/C28H19ClFNO3S/c29-23-11-5-2-8-19(23)16-31-27(32)26(35-28(31)33)15-22-21-10-4-1-7-18(21)13-14-25(22)34-17-20-9-3-6-12-24(20)30/h1-15H,16-17H2/b26-15-. The molecule has 0 bridgehead atoms. The van der Waals surface area contributed by atoms with Crippen molar-refractivity contribution in [1.82, 2.24) is 4.90 Å². The van der Waals surface area contributed by atoms with Crippen LogP contribution >= 0.6 is 23.4 Å². The van der Waals surface area contributed by atoms with E-state index in [1.54, 1.807) is 48.5 Å². The number of carbonyl (C=O) groups excluding carboxylic acids is 2. The molecule has 1 aliphatic heterocycles. The highest BCUT2D eigenvalue weighted by molar-refractivity contribution is 8.18. The van der Waals surface area contributed by atoms with Crippen LogP contribution in [0.15, 0.2) is 89.8 Å². The van der Waals surface area contributed by atoms with E-state index in [4.69, 9.17) is 16.3 Å². The van der Waals surface area contributed by atoms with Gasteiger partial charge in [-0.1, -0.05) is 78.3 Å². The average molecular weight is 504 g/mol. The van der Waals surface area contributed by atoms with Crippen molar-refractivity contribution in [2.45, 2.75) is 13.2 Å². The van der Waals surface area contributed by atoms with Crippen molar-refractivity contribution in [3.8, 4) is 5.75 Å². The summed E-state index contributed by atoms with van der Waals surface area (Å²) in [6.07, 6.45) is 1.68. The predicted molar refractivity (Wildman–Crippen MR) is 138 cm³/mol. The Kier molecular flexibility index (Phi) is 6.57. The summed E-state index contributed by atoms with van der Waals surface area (Å²) in [5.74, 6) is -0.256. The molecule has 0 aliphatic carbocycles. The second kappa shape index (κ2) is 9.94. The maximum atomic E-state index is 14.1. The summed E-state index contributed by atoms with van der Waals surface area (Å²) in [5, 5.41) is 1.94. The number of hydrogen-bond donors (Lipinski definition) is 0. The number of carbonyl (C=O) groups is 2. The van der Waals surface area contributed by atoms with Gasteiger partial charge in [0, 0.05) is 16.1 Å². The average Bonchev–Trinajstić information content (AvgIpc) is 3.13. The van der Waals surface area contributed by atoms with Gasteiger partial charge in [0.25, 0.3) is 11.1 Å². The monoisotopic (exact) mass is 503 g/mol. The van der Waals surface area contributed by atoms with Crippen molar-refractivity contribution in [3.63, 3.8) is 0 Å². The first-order valence-electron chi connectivity index (χ1n) is 10.9. The summed E-state index contributed by atoms with van der Waals surface area (Å²) in [5.41, 5.74) is 1.77. The summed E-state index contributed by atoms with van der Waals surface area (Å²) in [7, 11) is 0. The van der Waals surface area contributed by atoms with Crippen LogP contribution in [0.5, 0.6) is 5.75 Å². The summed E-state index contributed by atoms with van der Waals surface area (Å²) in [4.78, 5) is 27.4. The topological polar surface area (TPSA) is 46.6 Å². The largest absolute Gasteiger partial charge is 0.488 e. The van der Waals surface area contributed by atoms with E-state index in [9.17, 15) is 14.0 Å². The van der Waals surface area contributed by atoms with Gasteiger partial charge >= 0.3 is 0 Å². The van der Waals surface area contributed by atoms with Crippen molar-refractivity contribution in [1.29, 1.82) is 0 Å². The number of rotatable bonds is 6. The zero-order valence-electron chi connectivity index (χ0n) is 18.4. The summed E-state index contributed by atoms with van der Waals surface area (Å²) < 4.78 is 20.1. The Morgan fingerprint density at radius 2 is 1.60 bits per heavy atom. The fourth-order valence-corrected chi connectivity index (χ4v) is 4.90. The quantitative estimate of drug-likeness (QED) is 0.256. The number of benzene rings is 4. The number of halogens is 2. The summed E-state index contributed by atoms with van der Waals surface area (Å²) >= 11 is 7.11. The van der Waals surface area contributed by atoms with E-state index in [0.717, 1.165) is 22.5 Å². The Bertz CT molecular complexity index is 1490. The molecule has 0 unspecified atom stereocenters. The first-order valence-corrected chi connectivity index (χ1v) is 12.1. The number of imide groups is 1. The van der Waals surface area contributed by atoms with Gasteiger partial charge in [0.15, 0.2) is 0 Å². The van der Waals surface area contributed by atoms with Crippen molar-refractivity contribution in [2.24, 2.45) is 0 Å². The van der Waals surface area contributed by atoms with Crippen molar-refractivity contribution < 1.29 is 18.7 Å². The molecule has 0 atom stereocenters. The highest BCUT2D eigenvalue weighted by Crippen LogP contribution is 2.38. The van der Waals surface area contributed by atoms with Crippen LogP contribution in [0.4, 0.5) is 9.18 Å². The lowest BCUT2D eigenvalue weighted by molar-refractivity contribution is -0.123. The lowest BCUT2D eigenvalue weighted by Crippen LogP contribution is -2.27. The SMILES string of the molecule is O=C1S/C(=C\c2c(OCc3ccccc3F)ccc3ccccc23)C(=O)N1Cc1ccccc1Cl. The lowest BCUT2D eigenvalue weighted by atomic mass is 10.0. The molecule has 4 nitrogen and oxygen atoms in total. The van der Waals surface area contributed by atoms with Crippen LogP contribution in [0.1, 0.15) is 16.7 Å². The van der Waals surface area contributed by atoms with Gasteiger partial charge in [-0.15, -0.1) is 0 Å². The number of amides is 2. The van der Waals surface area contributed by atoms with E-state index in [2.05, 4.69) is 0 Å². The Balaban J connectivity index is 1.49. The number of ether oxygens (including phenoxy) is 1.